The lowest BCUT2D eigenvalue weighted by Gasteiger charge is -2.46. The lowest BCUT2D eigenvalue weighted by atomic mass is 9.95. The summed E-state index contributed by atoms with van der Waals surface area (Å²) in [6, 6.07) is 9.16. The Bertz CT molecular complexity index is 400. The summed E-state index contributed by atoms with van der Waals surface area (Å²) in [7, 11) is 0. The maximum atomic E-state index is 6.04. The largest absolute Gasteiger partial charge is 0.378 e. The molecule has 1 aliphatic rings. The van der Waals surface area contributed by atoms with Crippen LogP contribution >= 0.6 is 0 Å². The van der Waals surface area contributed by atoms with Crippen molar-refractivity contribution in [3.63, 3.8) is 0 Å². The smallest absolute Gasteiger partial charge is 0.0645 e. The van der Waals surface area contributed by atoms with Crippen LogP contribution in [0.25, 0.3) is 0 Å². The average molecular weight is 262 g/mol. The van der Waals surface area contributed by atoms with Gasteiger partial charge in [0, 0.05) is 24.7 Å². The van der Waals surface area contributed by atoms with Gasteiger partial charge in [-0.3, -0.25) is 4.90 Å². The summed E-state index contributed by atoms with van der Waals surface area (Å²) in [5.41, 5.74) is 8.78. The number of hydrogen-bond donors (Lipinski definition) is 1. The molecule has 1 aromatic carbocycles. The second kappa shape index (κ2) is 6.04. The highest BCUT2D eigenvalue weighted by Gasteiger charge is 2.35. The van der Waals surface area contributed by atoms with Crippen molar-refractivity contribution in [1.29, 1.82) is 0 Å². The zero-order valence-corrected chi connectivity index (χ0v) is 12.4. The fourth-order valence-corrected chi connectivity index (χ4v) is 2.87. The van der Waals surface area contributed by atoms with Gasteiger partial charge in [-0.15, -0.1) is 0 Å². The van der Waals surface area contributed by atoms with E-state index in [1.54, 1.807) is 0 Å². The fourth-order valence-electron chi connectivity index (χ4n) is 2.87. The van der Waals surface area contributed by atoms with Gasteiger partial charge in [0.2, 0.25) is 0 Å². The first-order valence-electron chi connectivity index (χ1n) is 7.22. The Balaban J connectivity index is 2.22. The fraction of sp³-hybridized carbons (Fsp3) is 0.625. The molecule has 3 nitrogen and oxygen atoms in total. The van der Waals surface area contributed by atoms with E-state index < -0.39 is 0 Å². The van der Waals surface area contributed by atoms with E-state index >= 15 is 0 Å². The average Bonchev–Trinajstić information content (AvgIpc) is 2.42. The van der Waals surface area contributed by atoms with Gasteiger partial charge in [0.1, 0.15) is 0 Å². The van der Waals surface area contributed by atoms with Gasteiger partial charge in [-0.25, -0.2) is 0 Å². The summed E-state index contributed by atoms with van der Waals surface area (Å²) >= 11 is 0. The van der Waals surface area contributed by atoms with Crippen LogP contribution in [0.3, 0.4) is 0 Å². The van der Waals surface area contributed by atoms with Crippen LogP contribution in [0.2, 0.25) is 0 Å². The predicted octanol–water partition coefficient (Wildman–Crippen LogP) is 2.36. The van der Waals surface area contributed by atoms with Crippen molar-refractivity contribution < 1.29 is 4.74 Å². The SMILES string of the molecule is CCc1ccc(C(CN)N2CCOCC2(C)C)cc1. The minimum atomic E-state index is 0.0473. The molecule has 0 bridgehead atoms. The van der Waals surface area contributed by atoms with Crippen molar-refractivity contribution in [2.45, 2.75) is 38.8 Å². The first kappa shape index (κ1) is 14.5. The first-order valence-corrected chi connectivity index (χ1v) is 7.22. The van der Waals surface area contributed by atoms with Crippen molar-refractivity contribution in [2.24, 2.45) is 5.73 Å². The third-order valence-electron chi connectivity index (χ3n) is 4.08. The van der Waals surface area contributed by atoms with E-state index in [0.717, 1.165) is 26.2 Å². The Kier molecular flexibility index (Phi) is 4.61. The molecule has 2 N–H and O–H groups in total. The van der Waals surface area contributed by atoms with Crippen molar-refractivity contribution in [1.82, 2.24) is 4.90 Å². The van der Waals surface area contributed by atoms with E-state index in [1.165, 1.54) is 11.1 Å². The highest BCUT2D eigenvalue weighted by molar-refractivity contribution is 5.26. The molecule has 0 aromatic heterocycles. The molecule has 1 aromatic rings. The molecular weight excluding hydrogens is 236 g/mol. The normalized spacial score (nSPS) is 21.3. The molecule has 0 aliphatic carbocycles. The van der Waals surface area contributed by atoms with E-state index in [-0.39, 0.29) is 11.6 Å². The quantitative estimate of drug-likeness (QED) is 0.905. The molecule has 1 atom stereocenters. The molecule has 1 saturated heterocycles. The monoisotopic (exact) mass is 262 g/mol. The number of ether oxygens (including phenoxy) is 1. The second-order valence-corrected chi connectivity index (χ2v) is 5.91. The molecule has 1 fully saturated rings. The number of benzene rings is 1. The minimum Gasteiger partial charge on any atom is -0.378 e. The van der Waals surface area contributed by atoms with Crippen LogP contribution in [0.1, 0.15) is 37.9 Å². The Hall–Kier alpha value is -0.900. The standard InChI is InChI=1S/C16H26N2O/c1-4-13-5-7-14(8-6-13)15(11-17)18-9-10-19-12-16(18,2)3/h5-8,15H,4,9-12,17H2,1-3H3. The molecule has 2 rings (SSSR count). The zero-order chi connectivity index (χ0) is 13.9. The topological polar surface area (TPSA) is 38.5 Å². The highest BCUT2D eigenvalue weighted by atomic mass is 16.5. The van der Waals surface area contributed by atoms with Crippen LogP contribution in [0.5, 0.6) is 0 Å². The number of rotatable bonds is 4. The molecule has 0 amide bonds. The van der Waals surface area contributed by atoms with Gasteiger partial charge in [-0.1, -0.05) is 31.2 Å². The van der Waals surface area contributed by atoms with Crippen LogP contribution in [0, 0.1) is 0 Å². The zero-order valence-electron chi connectivity index (χ0n) is 12.4. The van der Waals surface area contributed by atoms with Gasteiger partial charge < -0.3 is 10.5 Å². The summed E-state index contributed by atoms with van der Waals surface area (Å²) in [6.07, 6.45) is 1.08. The molecule has 19 heavy (non-hydrogen) atoms. The Labute approximate surface area is 116 Å². The van der Waals surface area contributed by atoms with Crippen molar-refractivity contribution in [3.8, 4) is 0 Å². The van der Waals surface area contributed by atoms with Gasteiger partial charge in [-0.2, -0.15) is 0 Å². The number of nitrogens with two attached hydrogens (primary N) is 1. The van der Waals surface area contributed by atoms with Crippen molar-refractivity contribution in [2.75, 3.05) is 26.3 Å². The van der Waals surface area contributed by atoms with Crippen LogP contribution < -0.4 is 5.73 Å². The summed E-state index contributed by atoms with van der Waals surface area (Å²) in [5, 5.41) is 0. The molecule has 1 heterocycles. The molecule has 0 saturated carbocycles. The molecular formula is C16H26N2O. The molecule has 0 spiro atoms. The molecule has 1 aliphatic heterocycles. The molecule has 0 radical (unpaired) electrons. The van der Waals surface area contributed by atoms with E-state index in [1.807, 2.05) is 0 Å². The third-order valence-corrected chi connectivity index (χ3v) is 4.08. The summed E-state index contributed by atoms with van der Waals surface area (Å²) in [6.45, 7) is 9.81. The van der Waals surface area contributed by atoms with E-state index in [2.05, 4.69) is 49.9 Å². The van der Waals surface area contributed by atoms with Crippen molar-refractivity contribution >= 4 is 0 Å². The minimum absolute atomic E-state index is 0.0473. The number of hydrogen-bond acceptors (Lipinski definition) is 3. The highest BCUT2D eigenvalue weighted by Crippen LogP contribution is 2.30. The van der Waals surface area contributed by atoms with Crippen LogP contribution in [-0.4, -0.2) is 36.7 Å². The molecule has 1 unspecified atom stereocenters. The lowest BCUT2D eigenvalue weighted by molar-refractivity contribution is -0.0712. The maximum absolute atomic E-state index is 6.04. The van der Waals surface area contributed by atoms with Gasteiger partial charge in [0.15, 0.2) is 0 Å². The summed E-state index contributed by atoms with van der Waals surface area (Å²) in [5.74, 6) is 0. The number of aryl methyl sites for hydroxylation is 1. The molecule has 3 heteroatoms. The number of nitrogens with zero attached hydrogens (tertiary/aromatic N) is 1. The van der Waals surface area contributed by atoms with E-state index in [9.17, 15) is 0 Å². The van der Waals surface area contributed by atoms with Crippen LogP contribution in [-0.2, 0) is 11.2 Å². The Morgan fingerprint density at radius 3 is 2.53 bits per heavy atom. The van der Waals surface area contributed by atoms with E-state index in [0.29, 0.717) is 6.54 Å². The van der Waals surface area contributed by atoms with Crippen LogP contribution in [0.15, 0.2) is 24.3 Å². The second-order valence-electron chi connectivity index (χ2n) is 5.91. The third kappa shape index (κ3) is 3.16. The Morgan fingerprint density at radius 2 is 2.00 bits per heavy atom. The summed E-state index contributed by atoms with van der Waals surface area (Å²) in [4.78, 5) is 2.48. The van der Waals surface area contributed by atoms with Crippen LogP contribution in [0.4, 0.5) is 0 Å². The van der Waals surface area contributed by atoms with E-state index in [4.69, 9.17) is 10.5 Å². The predicted molar refractivity (Wildman–Crippen MR) is 79.2 cm³/mol. The summed E-state index contributed by atoms with van der Waals surface area (Å²) < 4.78 is 5.60. The van der Waals surface area contributed by atoms with Crippen molar-refractivity contribution in [3.05, 3.63) is 35.4 Å². The maximum Gasteiger partial charge on any atom is 0.0645 e. The van der Waals surface area contributed by atoms with Gasteiger partial charge in [0.05, 0.1) is 13.2 Å². The van der Waals surface area contributed by atoms with Gasteiger partial charge in [-0.05, 0) is 31.4 Å². The van der Waals surface area contributed by atoms with Gasteiger partial charge >= 0.3 is 0 Å². The molecule has 106 valence electrons. The Morgan fingerprint density at radius 1 is 1.32 bits per heavy atom. The number of morpholine rings is 1. The van der Waals surface area contributed by atoms with Gasteiger partial charge in [0.25, 0.3) is 0 Å². The lowest BCUT2D eigenvalue weighted by Crippen LogP contribution is -2.55. The first-order chi connectivity index (χ1) is 9.08.